The number of hydrogen-bond acceptors (Lipinski definition) is 3. The third kappa shape index (κ3) is 3.05. The van der Waals surface area contributed by atoms with Crippen molar-refractivity contribution in [1.29, 1.82) is 5.26 Å². The first-order valence-corrected chi connectivity index (χ1v) is 9.52. The van der Waals surface area contributed by atoms with Gasteiger partial charge in [-0.15, -0.1) is 0 Å². The maximum atomic E-state index is 12.7. The van der Waals surface area contributed by atoms with E-state index in [0.717, 1.165) is 5.56 Å². The Morgan fingerprint density at radius 1 is 1.00 bits per heavy atom. The number of nitriles is 1. The van der Waals surface area contributed by atoms with Gasteiger partial charge in [0.25, 0.3) is 0 Å². The van der Waals surface area contributed by atoms with Gasteiger partial charge in [-0.05, 0) is 42.7 Å². The Balaban J connectivity index is 1.82. The lowest BCUT2D eigenvalue weighted by molar-refractivity contribution is 0.277. The highest BCUT2D eigenvalue weighted by molar-refractivity contribution is 7.89. The lowest BCUT2D eigenvalue weighted by atomic mass is 9.74. The summed E-state index contributed by atoms with van der Waals surface area (Å²) in [7, 11) is -3.55. The van der Waals surface area contributed by atoms with Gasteiger partial charge in [0.15, 0.2) is 0 Å². The highest BCUT2D eigenvalue weighted by Gasteiger charge is 2.39. The van der Waals surface area contributed by atoms with Gasteiger partial charge in [0.2, 0.25) is 10.0 Å². The van der Waals surface area contributed by atoms with Crippen LogP contribution in [0.5, 0.6) is 0 Å². The molecule has 0 saturated carbocycles. The van der Waals surface area contributed by atoms with E-state index in [2.05, 4.69) is 6.07 Å². The Morgan fingerprint density at radius 3 is 2.12 bits per heavy atom. The van der Waals surface area contributed by atoms with Crippen LogP contribution in [0.25, 0.3) is 0 Å². The van der Waals surface area contributed by atoms with Crippen molar-refractivity contribution in [2.45, 2.75) is 23.2 Å². The second kappa shape index (κ2) is 6.56. The topological polar surface area (TPSA) is 61.2 Å². The molecule has 0 aromatic heterocycles. The fraction of sp³-hybridized carbons (Fsp3) is 0.278. The maximum Gasteiger partial charge on any atom is 0.243 e. The van der Waals surface area contributed by atoms with Gasteiger partial charge in [-0.25, -0.2) is 8.42 Å². The van der Waals surface area contributed by atoms with E-state index in [-0.39, 0.29) is 4.90 Å². The van der Waals surface area contributed by atoms with Crippen LogP contribution in [0, 0.1) is 11.3 Å². The summed E-state index contributed by atoms with van der Waals surface area (Å²) in [6.45, 7) is 0.654. The van der Waals surface area contributed by atoms with E-state index in [0.29, 0.717) is 31.0 Å². The smallest absolute Gasteiger partial charge is 0.207 e. The Kier molecular flexibility index (Phi) is 4.64. The standard InChI is InChI=1S/C18H17ClN2O2S/c19-16-6-8-17(9-7-16)24(22,23)21-12-10-18(14-20,11-13-21)15-4-2-1-3-5-15/h1-9H,10-13H2. The molecule has 0 amide bonds. The zero-order chi connectivity index (χ0) is 17.2. The van der Waals surface area contributed by atoms with Gasteiger partial charge in [0, 0.05) is 18.1 Å². The normalized spacial score (nSPS) is 18.0. The van der Waals surface area contributed by atoms with E-state index >= 15 is 0 Å². The summed E-state index contributed by atoms with van der Waals surface area (Å²) >= 11 is 5.83. The quantitative estimate of drug-likeness (QED) is 0.840. The van der Waals surface area contributed by atoms with E-state index in [1.54, 1.807) is 12.1 Å². The molecule has 4 nitrogen and oxygen atoms in total. The van der Waals surface area contributed by atoms with Gasteiger partial charge in [0.1, 0.15) is 0 Å². The lowest BCUT2D eigenvalue weighted by Crippen LogP contribution is -2.44. The molecular weight excluding hydrogens is 344 g/mol. The van der Waals surface area contributed by atoms with Crippen LogP contribution >= 0.6 is 11.6 Å². The lowest BCUT2D eigenvalue weighted by Gasteiger charge is -2.36. The van der Waals surface area contributed by atoms with E-state index in [1.807, 2.05) is 30.3 Å². The Bertz CT molecular complexity index is 850. The van der Waals surface area contributed by atoms with Crippen molar-refractivity contribution in [3.05, 3.63) is 65.2 Å². The molecule has 3 rings (SSSR count). The molecule has 1 saturated heterocycles. The molecule has 0 aliphatic carbocycles. The highest BCUT2D eigenvalue weighted by atomic mass is 35.5. The minimum absolute atomic E-state index is 0.232. The molecule has 1 aliphatic rings. The first-order valence-electron chi connectivity index (χ1n) is 7.70. The van der Waals surface area contributed by atoms with Crippen LogP contribution in [0.4, 0.5) is 0 Å². The summed E-state index contributed by atoms with van der Waals surface area (Å²) in [4.78, 5) is 0.232. The average Bonchev–Trinajstić information content (AvgIpc) is 2.63. The zero-order valence-corrected chi connectivity index (χ0v) is 14.6. The van der Waals surface area contributed by atoms with Gasteiger partial charge in [-0.3, -0.25) is 0 Å². The zero-order valence-electron chi connectivity index (χ0n) is 13.0. The Morgan fingerprint density at radius 2 is 1.58 bits per heavy atom. The van der Waals surface area contributed by atoms with Crippen molar-refractivity contribution >= 4 is 21.6 Å². The summed E-state index contributed by atoms with van der Waals surface area (Å²) < 4.78 is 26.9. The van der Waals surface area contributed by atoms with Crippen LogP contribution in [0.2, 0.25) is 5.02 Å². The number of hydrogen-bond donors (Lipinski definition) is 0. The molecule has 0 spiro atoms. The SMILES string of the molecule is N#CC1(c2ccccc2)CCN(S(=O)(=O)c2ccc(Cl)cc2)CC1. The van der Waals surface area contributed by atoms with Gasteiger partial charge < -0.3 is 0 Å². The van der Waals surface area contributed by atoms with Crippen molar-refractivity contribution in [2.75, 3.05) is 13.1 Å². The summed E-state index contributed by atoms with van der Waals surface area (Å²) in [5.74, 6) is 0. The van der Waals surface area contributed by atoms with Gasteiger partial charge >= 0.3 is 0 Å². The molecular formula is C18H17ClN2O2S. The summed E-state index contributed by atoms with van der Waals surface area (Å²) in [6, 6.07) is 18.2. The maximum absolute atomic E-state index is 12.7. The van der Waals surface area contributed by atoms with Crippen LogP contribution in [-0.4, -0.2) is 25.8 Å². The van der Waals surface area contributed by atoms with Gasteiger partial charge in [-0.1, -0.05) is 41.9 Å². The first-order chi connectivity index (χ1) is 11.5. The molecule has 1 heterocycles. The minimum Gasteiger partial charge on any atom is -0.207 e. The molecule has 2 aromatic rings. The van der Waals surface area contributed by atoms with Crippen molar-refractivity contribution in [3.63, 3.8) is 0 Å². The van der Waals surface area contributed by atoms with Crippen molar-refractivity contribution in [3.8, 4) is 6.07 Å². The number of halogens is 1. The molecule has 0 unspecified atom stereocenters. The molecule has 0 atom stereocenters. The fourth-order valence-corrected chi connectivity index (χ4v) is 4.65. The molecule has 6 heteroatoms. The minimum atomic E-state index is -3.55. The van der Waals surface area contributed by atoms with Crippen LogP contribution in [0.1, 0.15) is 18.4 Å². The van der Waals surface area contributed by atoms with Crippen LogP contribution < -0.4 is 0 Å². The summed E-state index contributed by atoms with van der Waals surface area (Å²) in [6.07, 6.45) is 0.973. The number of benzene rings is 2. The predicted molar refractivity (Wildman–Crippen MR) is 93.2 cm³/mol. The molecule has 0 radical (unpaired) electrons. The third-order valence-corrected chi connectivity index (χ3v) is 6.73. The first kappa shape index (κ1) is 17.0. The van der Waals surface area contributed by atoms with E-state index in [9.17, 15) is 13.7 Å². The molecule has 124 valence electrons. The predicted octanol–water partition coefficient (Wildman–Crippen LogP) is 3.59. The fourth-order valence-electron chi connectivity index (χ4n) is 3.09. The second-order valence-corrected chi connectivity index (χ2v) is 8.29. The summed E-state index contributed by atoms with van der Waals surface area (Å²) in [5.41, 5.74) is 0.337. The number of piperidine rings is 1. The third-order valence-electron chi connectivity index (χ3n) is 4.57. The summed E-state index contributed by atoms with van der Waals surface area (Å²) in [5, 5.41) is 10.2. The number of rotatable bonds is 3. The molecule has 24 heavy (non-hydrogen) atoms. The molecule has 0 N–H and O–H groups in total. The number of nitrogens with zero attached hydrogens (tertiary/aromatic N) is 2. The molecule has 1 fully saturated rings. The highest BCUT2D eigenvalue weighted by Crippen LogP contribution is 2.36. The van der Waals surface area contributed by atoms with Gasteiger partial charge in [-0.2, -0.15) is 9.57 Å². The molecule has 1 aliphatic heterocycles. The van der Waals surface area contributed by atoms with Gasteiger partial charge in [0.05, 0.1) is 16.4 Å². The molecule has 2 aromatic carbocycles. The van der Waals surface area contributed by atoms with E-state index in [1.165, 1.54) is 16.4 Å². The second-order valence-electron chi connectivity index (χ2n) is 5.92. The van der Waals surface area contributed by atoms with E-state index < -0.39 is 15.4 Å². The van der Waals surface area contributed by atoms with Crippen molar-refractivity contribution in [1.82, 2.24) is 4.31 Å². The van der Waals surface area contributed by atoms with Crippen LogP contribution in [-0.2, 0) is 15.4 Å². The molecule has 0 bridgehead atoms. The van der Waals surface area contributed by atoms with Crippen LogP contribution in [0.3, 0.4) is 0 Å². The Hall–Kier alpha value is -1.87. The Labute approximate surface area is 147 Å². The van der Waals surface area contributed by atoms with Crippen molar-refractivity contribution < 1.29 is 8.42 Å². The van der Waals surface area contributed by atoms with Crippen molar-refractivity contribution in [2.24, 2.45) is 0 Å². The van der Waals surface area contributed by atoms with E-state index in [4.69, 9.17) is 11.6 Å². The number of sulfonamides is 1. The largest absolute Gasteiger partial charge is 0.243 e. The van der Waals surface area contributed by atoms with Crippen LogP contribution in [0.15, 0.2) is 59.5 Å². The average molecular weight is 361 g/mol. The monoisotopic (exact) mass is 360 g/mol.